The maximum absolute atomic E-state index is 3.99. The average molecular weight is 356 g/mol. The van der Waals surface area contributed by atoms with E-state index in [2.05, 4.69) is 95.6 Å². The number of aromatic amines is 1. The predicted octanol–water partition coefficient (Wildman–Crippen LogP) is 7.45. The fourth-order valence-electron chi connectivity index (χ4n) is 4.56. The summed E-state index contributed by atoms with van der Waals surface area (Å²) in [5, 5.41) is 1.32. The number of allylic oxidation sites excluding steroid dienone is 1. The van der Waals surface area contributed by atoms with Crippen molar-refractivity contribution in [2.75, 3.05) is 0 Å². The van der Waals surface area contributed by atoms with Crippen LogP contribution in [0, 0.1) is 0 Å². The molecule has 1 aromatic heterocycles. The van der Waals surface area contributed by atoms with Crippen molar-refractivity contribution in [2.45, 2.75) is 52.4 Å². The van der Waals surface area contributed by atoms with E-state index in [4.69, 9.17) is 0 Å². The van der Waals surface area contributed by atoms with Gasteiger partial charge in [-0.3, -0.25) is 0 Å². The lowest BCUT2D eigenvalue weighted by Gasteiger charge is -2.25. The molecule has 0 fully saturated rings. The summed E-state index contributed by atoms with van der Waals surface area (Å²) in [4.78, 5) is 3.78. The Morgan fingerprint density at radius 1 is 1.07 bits per heavy atom. The smallest absolute Gasteiger partial charge is 0.0541 e. The van der Waals surface area contributed by atoms with Gasteiger partial charge in [-0.15, -0.1) is 0 Å². The van der Waals surface area contributed by atoms with Crippen molar-refractivity contribution >= 4 is 23.1 Å². The monoisotopic (exact) mass is 355 g/mol. The lowest BCUT2D eigenvalue weighted by molar-refractivity contribution is 0.585. The van der Waals surface area contributed by atoms with Crippen LogP contribution in [0.4, 0.5) is 0 Å². The molecule has 0 bridgehead atoms. The summed E-state index contributed by atoms with van der Waals surface area (Å²) in [6.45, 7) is 17.6. The molecular weight excluding hydrogens is 326 g/mol. The number of benzene rings is 2. The van der Waals surface area contributed by atoms with Crippen LogP contribution >= 0.6 is 0 Å². The van der Waals surface area contributed by atoms with E-state index < -0.39 is 0 Å². The Bertz CT molecular complexity index is 1100. The number of hydrogen-bond donors (Lipinski definition) is 1. The molecule has 138 valence electrons. The zero-order chi connectivity index (χ0) is 19.6. The van der Waals surface area contributed by atoms with Crippen LogP contribution in [0.25, 0.3) is 34.3 Å². The minimum absolute atomic E-state index is 0.0208. The van der Waals surface area contributed by atoms with Crippen molar-refractivity contribution in [1.82, 2.24) is 4.98 Å². The maximum atomic E-state index is 3.99. The van der Waals surface area contributed by atoms with Crippen LogP contribution in [0.3, 0.4) is 0 Å². The van der Waals surface area contributed by atoms with Gasteiger partial charge in [0, 0.05) is 21.9 Å². The predicted molar refractivity (Wildman–Crippen MR) is 119 cm³/mol. The minimum atomic E-state index is -0.0208. The first-order valence-corrected chi connectivity index (χ1v) is 9.79. The van der Waals surface area contributed by atoms with Crippen LogP contribution in [0.15, 0.2) is 43.0 Å². The van der Waals surface area contributed by atoms with E-state index in [1.807, 2.05) is 6.08 Å². The summed E-state index contributed by atoms with van der Waals surface area (Å²) < 4.78 is 0. The van der Waals surface area contributed by atoms with Gasteiger partial charge in [-0.1, -0.05) is 89.8 Å². The number of H-pyrrole nitrogens is 1. The summed E-state index contributed by atoms with van der Waals surface area (Å²) in [7, 11) is 0. The molecule has 1 heteroatoms. The average Bonchev–Trinajstić information content (AvgIpc) is 3.10. The van der Waals surface area contributed by atoms with E-state index in [1.165, 1.54) is 50.0 Å². The van der Waals surface area contributed by atoms with E-state index in [9.17, 15) is 0 Å². The van der Waals surface area contributed by atoms with Gasteiger partial charge in [0.25, 0.3) is 0 Å². The molecule has 0 amide bonds. The van der Waals surface area contributed by atoms with Gasteiger partial charge >= 0.3 is 0 Å². The third-order valence-electron chi connectivity index (χ3n) is 6.06. The zero-order valence-electron chi connectivity index (χ0n) is 17.3. The van der Waals surface area contributed by atoms with E-state index in [0.717, 1.165) is 0 Å². The second kappa shape index (κ2) is 5.73. The van der Waals surface area contributed by atoms with Crippen LogP contribution in [0.2, 0.25) is 0 Å². The Hall–Kier alpha value is -2.54. The third-order valence-corrected chi connectivity index (χ3v) is 6.06. The lowest BCUT2D eigenvalue weighted by atomic mass is 9.78. The van der Waals surface area contributed by atoms with E-state index >= 15 is 0 Å². The second-order valence-corrected chi connectivity index (χ2v) is 9.21. The summed E-state index contributed by atoms with van der Waals surface area (Å²) in [6.07, 6.45) is 6.22. The number of nitrogens with one attached hydrogen (secondary N) is 1. The van der Waals surface area contributed by atoms with Gasteiger partial charge in [-0.2, -0.15) is 0 Å². The SMILES string of the molecule is C=Cc1ccc2c3c([nH]c2c1/C=C\C)-c1ccc(C(C)(C)C)cc1C3(C)C. The summed E-state index contributed by atoms with van der Waals surface area (Å²) >= 11 is 0. The molecule has 0 saturated heterocycles. The van der Waals surface area contributed by atoms with E-state index in [1.54, 1.807) is 0 Å². The van der Waals surface area contributed by atoms with Crippen molar-refractivity contribution in [3.8, 4) is 11.3 Å². The molecule has 3 aromatic rings. The van der Waals surface area contributed by atoms with Crippen LogP contribution in [0.5, 0.6) is 0 Å². The van der Waals surface area contributed by atoms with Crippen LogP contribution in [-0.4, -0.2) is 4.98 Å². The van der Waals surface area contributed by atoms with Gasteiger partial charge in [0.1, 0.15) is 0 Å². The molecule has 0 saturated carbocycles. The Balaban J connectivity index is 2.05. The highest BCUT2D eigenvalue weighted by Crippen LogP contribution is 2.52. The van der Waals surface area contributed by atoms with Crippen molar-refractivity contribution in [1.29, 1.82) is 0 Å². The molecule has 0 atom stereocenters. The van der Waals surface area contributed by atoms with Gasteiger partial charge in [0.05, 0.1) is 11.2 Å². The molecule has 1 aliphatic carbocycles. The van der Waals surface area contributed by atoms with Gasteiger partial charge in [0.2, 0.25) is 0 Å². The van der Waals surface area contributed by atoms with Gasteiger partial charge in [-0.25, -0.2) is 0 Å². The topological polar surface area (TPSA) is 15.8 Å². The highest BCUT2D eigenvalue weighted by atomic mass is 14.8. The first-order chi connectivity index (χ1) is 12.7. The van der Waals surface area contributed by atoms with Gasteiger partial charge in [-0.05, 0) is 34.6 Å². The fourth-order valence-corrected chi connectivity index (χ4v) is 4.56. The second-order valence-electron chi connectivity index (χ2n) is 9.21. The highest BCUT2D eigenvalue weighted by Gasteiger charge is 2.39. The largest absolute Gasteiger partial charge is 0.354 e. The highest BCUT2D eigenvalue weighted by molar-refractivity contribution is 6.01. The molecule has 0 unspecified atom stereocenters. The summed E-state index contributed by atoms with van der Waals surface area (Å²) in [5.74, 6) is 0. The van der Waals surface area contributed by atoms with Crippen molar-refractivity contribution in [3.63, 3.8) is 0 Å². The molecule has 1 heterocycles. The molecule has 1 aliphatic rings. The van der Waals surface area contributed by atoms with Crippen molar-refractivity contribution in [2.24, 2.45) is 0 Å². The molecule has 27 heavy (non-hydrogen) atoms. The van der Waals surface area contributed by atoms with Crippen LogP contribution in [0.1, 0.15) is 69.4 Å². The Morgan fingerprint density at radius 3 is 2.44 bits per heavy atom. The fraction of sp³-hybridized carbons (Fsp3) is 0.308. The minimum Gasteiger partial charge on any atom is -0.354 e. The summed E-state index contributed by atoms with van der Waals surface area (Å²) in [6, 6.07) is 11.5. The van der Waals surface area contributed by atoms with Crippen molar-refractivity contribution < 1.29 is 0 Å². The van der Waals surface area contributed by atoms with E-state index in [0.29, 0.717) is 0 Å². The van der Waals surface area contributed by atoms with Crippen LogP contribution < -0.4 is 0 Å². The third kappa shape index (κ3) is 2.45. The lowest BCUT2D eigenvalue weighted by Crippen LogP contribution is -2.17. The number of rotatable bonds is 2. The molecule has 0 radical (unpaired) electrons. The molecule has 1 nitrogen and oxygen atoms in total. The van der Waals surface area contributed by atoms with Crippen molar-refractivity contribution in [3.05, 3.63) is 70.8 Å². The standard InChI is InChI=1S/C26H29N/c1-8-10-18-16(9-2)11-13-20-22-24(27-23(18)20)19-14-12-17(25(3,4)5)15-21(19)26(22,6)7/h8-15,27H,2H2,1,3-7H3/b10-8-. The Morgan fingerprint density at radius 2 is 1.81 bits per heavy atom. The Labute approximate surface area is 162 Å². The summed E-state index contributed by atoms with van der Waals surface area (Å²) in [5.41, 5.74) is 10.6. The molecular formula is C26H29N. The molecule has 4 rings (SSSR count). The number of fused-ring (bicyclic) bond motifs is 5. The van der Waals surface area contributed by atoms with Gasteiger partial charge < -0.3 is 4.98 Å². The molecule has 0 aliphatic heterocycles. The van der Waals surface area contributed by atoms with E-state index in [-0.39, 0.29) is 10.8 Å². The Kier molecular flexibility index (Phi) is 3.79. The maximum Gasteiger partial charge on any atom is 0.0541 e. The molecule has 0 spiro atoms. The normalized spacial score (nSPS) is 15.3. The molecule has 2 aromatic carbocycles. The first-order valence-electron chi connectivity index (χ1n) is 9.79. The first kappa shape index (κ1) is 17.9. The van der Waals surface area contributed by atoms with Gasteiger partial charge in [0.15, 0.2) is 0 Å². The zero-order valence-corrected chi connectivity index (χ0v) is 17.3. The van der Waals surface area contributed by atoms with Crippen LogP contribution in [-0.2, 0) is 10.8 Å². The number of hydrogen-bond acceptors (Lipinski definition) is 0. The molecule has 1 N–H and O–H groups in total. The quantitative estimate of drug-likeness (QED) is 0.491. The number of aromatic nitrogens is 1.